The first kappa shape index (κ1) is 12.6. The highest BCUT2D eigenvalue weighted by atomic mass is 35.5. The molecule has 4 nitrogen and oxygen atoms in total. The molecule has 19 heavy (non-hydrogen) atoms. The molecule has 1 aromatic rings. The minimum atomic E-state index is -0.454. The van der Waals surface area contributed by atoms with Crippen LogP contribution in [0.1, 0.15) is 23.2 Å². The zero-order valence-electron chi connectivity index (χ0n) is 10.4. The fourth-order valence-corrected chi connectivity index (χ4v) is 2.81. The number of hydrogen-bond acceptors (Lipinski definition) is 3. The number of Topliss-reactive ketones (excluding diaryl/α,β-unsaturated/α-hetero) is 1. The molecule has 0 atom stereocenters. The van der Waals surface area contributed by atoms with E-state index in [9.17, 15) is 9.59 Å². The van der Waals surface area contributed by atoms with Crippen LogP contribution in [0.15, 0.2) is 18.2 Å². The van der Waals surface area contributed by atoms with Gasteiger partial charge in [-0.3, -0.25) is 9.59 Å². The SMILES string of the molecule is O=C1C(=O)N(CC2CCOCC2)c2ccc(Cl)cc21. The van der Waals surface area contributed by atoms with E-state index < -0.39 is 11.7 Å². The molecule has 1 fully saturated rings. The fraction of sp³-hybridized carbons (Fsp3) is 0.429. The molecule has 0 unspecified atom stereocenters. The zero-order valence-corrected chi connectivity index (χ0v) is 11.2. The Bertz CT molecular complexity index is 537. The normalized spacial score (nSPS) is 19.9. The van der Waals surface area contributed by atoms with Gasteiger partial charge in [0.25, 0.3) is 11.7 Å². The van der Waals surface area contributed by atoms with Crippen molar-refractivity contribution >= 4 is 29.0 Å². The van der Waals surface area contributed by atoms with E-state index in [1.165, 1.54) is 0 Å². The summed E-state index contributed by atoms with van der Waals surface area (Å²) in [5, 5.41) is 0.479. The Morgan fingerprint density at radius 3 is 2.74 bits per heavy atom. The van der Waals surface area contributed by atoms with Crippen molar-refractivity contribution in [2.75, 3.05) is 24.7 Å². The van der Waals surface area contributed by atoms with E-state index in [0.717, 1.165) is 26.1 Å². The number of ether oxygens (including phenoxy) is 1. The number of ketones is 1. The highest BCUT2D eigenvalue weighted by Crippen LogP contribution is 2.32. The Morgan fingerprint density at radius 1 is 1.26 bits per heavy atom. The first-order valence-electron chi connectivity index (χ1n) is 6.40. The van der Waals surface area contributed by atoms with Gasteiger partial charge in [0.2, 0.25) is 0 Å². The molecule has 0 aromatic heterocycles. The van der Waals surface area contributed by atoms with Gasteiger partial charge in [-0.05, 0) is 37.0 Å². The standard InChI is InChI=1S/C14H14ClNO3/c15-10-1-2-12-11(7-10)13(17)14(18)16(12)8-9-3-5-19-6-4-9/h1-2,7,9H,3-6,8H2. The average Bonchev–Trinajstić information content (AvgIpc) is 2.65. The molecule has 0 aliphatic carbocycles. The third-order valence-corrected chi connectivity index (χ3v) is 3.95. The van der Waals surface area contributed by atoms with E-state index in [1.807, 2.05) is 0 Å². The summed E-state index contributed by atoms with van der Waals surface area (Å²) < 4.78 is 5.31. The number of halogens is 1. The maximum Gasteiger partial charge on any atom is 0.299 e. The Kier molecular flexibility index (Phi) is 3.29. The lowest BCUT2D eigenvalue weighted by Crippen LogP contribution is -2.36. The van der Waals surface area contributed by atoms with Crippen LogP contribution in [0.5, 0.6) is 0 Å². The second kappa shape index (κ2) is 4.94. The van der Waals surface area contributed by atoms with Gasteiger partial charge in [0, 0.05) is 24.8 Å². The molecule has 5 heteroatoms. The monoisotopic (exact) mass is 279 g/mol. The van der Waals surface area contributed by atoms with E-state index in [4.69, 9.17) is 16.3 Å². The molecular formula is C14H14ClNO3. The molecular weight excluding hydrogens is 266 g/mol. The summed E-state index contributed by atoms with van der Waals surface area (Å²) in [4.78, 5) is 25.6. The number of benzene rings is 1. The van der Waals surface area contributed by atoms with Crippen LogP contribution in [0.2, 0.25) is 5.02 Å². The van der Waals surface area contributed by atoms with Crippen LogP contribution in [0.25, 0.3) is 0 Å². The number of rotatable bonds is 2. The van der Waals surface area contributed by atoms with E-state index in [2.05, 4.69) is 0 Å². The average molecular weight is 280 g/mol. The smallest absolute Gasteiger partial charge is 0.299 e. The summed E-state index contributed by atoms with van der Waals surface area (Å²) in [6.07, 6.45) is 1.86. The molecule has 1 saturated heterocycles. The highest BCUT2D eigenvalue weighted by Gasteiger charge is 2.37. The van der Waals surface area contributed by atoms with Gasteiger partial charge in [-0.25, -0.2) is 0 Å². The van der Waals surface area contributed by atoms with E-state index in [0.29, 0.717) is 28.7 Å². The largest absolute Gasteiger partial charge is 0.381 e. The molecule has 3 rings (SSSR count). The van der Waals surface area contributed by atoms with Gasteiger partial charge in [-0.1, -0.05) is 11.6 Å². The quantitative estimate of drug-likeness (QED) is 0.781. The number of hydrogen-bond donors (Lipinski definition) is 0. The van der Waals surface area contributed by atoms with Crippen LogP contribution >= 0.6 is 11.6 Å². The van der Waals surface area contributed by atoms with Gasteiger partial charge in [0.15, 0.2) is 0 Å². The van der Waals surface area contributed by atoms with Crippen molar-refractivity contribution in [3.63, 3.8) is 0 Å². The Morgan fingerprint density at radius 2 is 2.00 bits per heavy atom. The van der Waals surface area contributed by atoms with E-state index in [-0.39, 0.29) is 0 Å². The molecule has 0 radical (unpaired) electrons. The minimum Gasteiger partial charge on any atom is -0.381 e. The van der Waals surface area contributed by atoms with Crippen molar-refractivity contribution in [3.05, 3.63) is 28.8 Å². The van der Waals surface area contributed by atoms with Crippen LogP contribution in [-0.4, -0.2) is 31.4 Å². The van der Waals surface area contributed by atoms with Gasteiger partial charge in [-0.2, -0.15) is 0 Å². The lowest BCUT2D eigenvalue weighted by molar-refractivity contribution is -0.114. The Labute approximate surface area is 116 Å². The first-order valence-corrected chi connectivity index (χ1v) is 6.78. The predicted octanol–water partition coefficient (Wildman–Crippen LogP) is 2.30. The minimum absolute atomic E-state index is 0.395. The molecule has 0 N–H and O–H groups in total. The molecule has 2 aliphatic rings. The predicted molar refractivity (Wildman–Crippen MR) is 71.7 cm³/mol. The Balaban J connectivity index is 1.86. The number of carbonyl (C=O) groups excluding carboxylic acids is 2. The summed E-state index contributed by atoms with van der Waals surface area (Å²) in [5.41, 5.74) is 1.11. The summed E-state index contributed by atoms with van der Waals surface area (Å²) in [6.45, 7) is 2.05. The van der Waals surface area contributed by atoms with Gasteiger partial charge in [0.05, 0.1) is 11.3 Å². The molecule has 1 amide bonds. The van der Waals surface area contributed by atoms with Crippen molar-refractivity contribution in [2.24, 2.45) is 5.92 Å². The van der Waals surface area contributed by atoms with Crippen LogP contribution in [0.3, 0.4) is 0 Å². The molecule has 1 aromatic carbocycles. The second-order valence-corrected chi connectivity index (χ2v) is 5.40. The Hall–Kier alpha value is -1.39. The van der Waals surface area contributed by atoms with Crippen LogP contribution in [-0.2, 0) is 9.53 Å². The van der Waals surface area contributed by atoms with Crippen molar-refractivity contribution in [1.82, 2.24) is 0 Å². The number of anilines is 1. The maximum atomic E-state index is 12.0. The molecule has 2 aliphatic heterocycles. The second-order valence-electron chi connectivity index (χ2n) is 4.96. The summed E-state index contributed by atoms with van der Waals surface area (Å²) in [5.74, 6) is -0.500. The van der Waals surface area contributed by atoms with Crippen LogP contribution in [0.4, 0.5) is 5.69 Å². The first-order chi connectivity index (χ1) is 9.16. The lowest BCUT2D eigenvalue weighted by atomic mass is 10.00. The van der Waals surface area contributed by atoms with Crippen LogP contribution in [0, 0.1) is 5.92 Å². The molecule has 100 valence electrons. The van der Waals surface area contributed by atoms with Crippen molar-refractivity contribution < 1.29 is 14.3 Å². The number of carbonyl (C=O) groups is 2. The summed E-state index contributed by atoms with van der Waals surface area (Å²) >= 11 is 5.88. The summed E-state index contributed by atoms with van der Waals surface area (Å²) in [7, 11) is 0. The number of nitrogens with zero attached hydrogens (tertiary/aromatic N) is 1. The fourth-order valence-electron chi connectivity index (χ4n) is 2.64. The van der Waals surface area contributed by atoms with Gasteiger partial charge < -0.3 is 9.64 Å². The topological polar surface area (TPSA) is 46.6 Å². The zero-order chi connectivity index (χ0) is 13.4. The molecule has 0 saturated carbocycles. The van der Waals surface area contributed by atoms with Crippen molar-refractivity contribution in [2.45, 2.75) is 12.8 Å². The lowest BCUT2D eigenvalue weighted by Gasteiger charge is -2.27. The summed E-state index contributed by atoms with van der Waals surface area (Å²) in [6, 6.07) is 5.03. The number of fused-ring (bicyclic) bond motifs is 1. The van der Waals surface area contributed by atoms with Crippen molar-refractivity contribution in [1.29, 1.82) is 0 Å². The third-order valence-electron chi connectivity index (χ3n) is 3.72. The molecule has 0 spiro atoms. The van der Waals surface area contributed by atoms with Gasteiger partial charge >= 0.3 is 0 Å². The molecule has 0 bridgehead atoms. The van der Waals surface area contributed by atoms with E-state index in [1.54, 1.807) is 23.1 Å². The van der Waals surface area contributed by atoms with Crippen LogP contribution < -0.4 is 4.90 Å². The van der Waals surface area contributed by atoms with Gasteiger partial charge in [-0.15, -0.1) is 0 Å². The van der Waals surface area contributed by atoms with Gasteiger partial charge in [0.1, 0.15) is 0 Å². The number of amides is 1. The van der Waals surface area contributed by atoms with Crippen molar-refractivity contribution in [3.8, 4) is 0 Å². The highest BCUT2D eigenvalue weighted by molar-refractivity contribution is 6.52. The molecule has 2 heterocycles. The third kappa shape index (κ3) is 2.26. The van der Waals surface area contributed by atoms with E-state index >= 15 is 0 Å². The maximum absolute atomic E-state index is 12.0.